The van der Waals surface area contributed by atoms with E-state index >= 15 is 0 Å². The normalized spacial score (nSPS) is 16.5. The van der Waals surface area contributed by atoms with Crippen LogP contribution in [0.1, 0.15) is 24.8 Å². The molecule has 2 aromatic heterocycles. The van der Waals surface area contributed by atoms with E-state index in [9.17, 15) is 0 Å². The van der Waals surface area contributed by atoms with Crippen LogP contribution < -0.4 is 5.32 Å². The van der Waals surface area contributed by atoms with Gasteiger partial charge in [0.05, 0.1) is 5.56 Å². The van der Waals surface area contributed by atoms with Crippen molar-refractivity contribution in [3.8, 4) is 11.5 Å². The van der Waals surface area contributed by atoms with E-state index < -0.39 is 0 Å². The van der Waals surface area contributed by atoms with Crippen LogP contribution in [-0.2, 0) is 16.0 Å². The molecule has 2 aliphatic rings. The van der Waals surface area contributed by atoms with Crippen LogP contribution in [0.15, 0.2) is 94.0 Å². The Balaban J connectivity index is 1.28. The maximum Gasteiger partial charge on any atom is 0.345 e. The van der Waals surface area contributed by atoms with Gasteiger partial charge in [-0.3, -0.25) is 4.98 Å². The fraction of sp³-hybridized carbons (Fsp3) is 0.200. The Morgan fingerprint density at radius 1 is 1.06 bits per heavy atom. The molecule has 8 heteroatoms. The van der Waals surface area contributed by atoms with E-state index in [-0.39, 0.29) is 12.6 Å². The second-order valence-corrected chi connectivity index (χ2v) is 7.62. The van der Waals surface area contributed by atoms with Gasteiger partial charge in [-0.25, -0.2) is 0 Å². The van der Waals surface area contributed by atoms with Crippen LogP contribution in [0.4, 0.5) is 11.7 Å². The van der Waals surface area contributed by atoms with Gasteiger partial charge in [0.25, 0.3) is 5.89 Å². The molecule has 5 rings (SSSR count). The lowest BCUT2D eigenvalue weighted by Gasteiger charge is -2.18. The molecule has 0 radical (unpaired) electrons. The van der Waals surface area contributed by atoms with Crippen molar-refractivity contribution >= 4 is 17.6 Å². The molecule has 0 unspecified atom stereocenters. The highest BCUT2D eigenvalue weighted by molar-refractivity contribution is 5.81. The van der Waals surface area contributed by atoms with Crippen LogP contribution in [0.5, 0.6) is 0 Å². The first-order valence-electron chi connectivity index (χ1n) is 10.8. The second kappa shape index (κ2) is 9.95. The third-order valence-corrected chi connectivity index (χ3v) is 5.20. The number of rotatable bonds is 7. The molecule has 0 saturated carbocycles. The number of nitrogens with one attached hydrogen (secondary N) is 1. The number of para-hydroxylation sites is 1. The molecule has 0 atom stereocenters. The van der Waals surface area contributed by atoms with Crippen molar-refractivity contribution in [1.82, 2.24) is 15.2 Å². The Morgan fingerprint density at radius 3 is 2.85 bits per heavy atom. The molecule has 0 fully saturated rings. The van der Waals surface area contributed by atoms with Gasteiger partial charge in [-0.05, 0) is 42.7 Å². The Morgan fingerprint density at radius 2 is 1.97 bits per heavy atom. The van der Waals surface area contributed by atoms with Crippen LogP contribution in [0, 0.1) is 0 Å². The van der Waals surface area contributed by atoms with Gasteiger partial charge in [-0.1, -0.05) is 41.0 Å². The Hall–Kier alpha value is -4.20. The van der Waals surface area contributed by atoms with Crippen molar-refractivity contribution in [2.24, 2.45) is 4.99 Å². The van der Waals surface area contributed by atoms with Crippen molar-refractivity contribution in [3.63, 3.8) is 0 Å². The first-order chi connectivity index (χ1) is 16.3. The molecule has 8 nitrogen and oxygen atoms in total. The number of hydrogen-bond acceptors (Lipinski definition) is 8. The Kier molecular flexibility index (Phi) is 6.24. The van der Waals surface area contributed by atoms with Gasteiger partial charge in [0.2, 0.25) is 5.90 Å². The van der Waals surface area contributed by atoms with Crippen LogP contribution in [0.25, 0.3) is 11.5 Å². The number of nitrogens with zero attached hydrogens (tertiary/aromatic N) is 4. The third-order valence-electron chi connectivity index (χ3n) is 5.20. The van der Waals surface area contributed by atoms with Crippen LogP contribution in [-0.4, -0.2) is 27.7 Å². The highest BCUT2D eigenvalue weighted by atomic mass is 16.6. The van der Waals surface area contributed by atoms with Gasteiger partial charge in [0, 0.05) is 31.0 Å². The summed E-state index contributed by atoms with van der Waals surface area (Å²) in [5, 5.41) is 11.7. The molecule has 1 aliphatic heterocycles. The Labute approximate surface area is 191 Å². The summed E-state index contributed by atoms with van der Waals surface area (Å²) in [6.45, 7) is 0.861. The van der Waals surface area contributed by atoms with Crippen molar-refractivity contribution in [3.05, 3.63) is 90.2 Å². The van der Waals surface area contributed by atoms with Gasteiger partial charge in [0.15, 0.2) is 6.61 Å². The highest BCUT2D eigenvalue weighted by Gasteiger charge is 2.17. The lowest BCUT2D eigenvalue weighted by atomic mass is 10.0. The standard InChI is InChI=1S/C25H23N5O3/c1-2-6-18(7-3-1)14-20-16-31-17-23(32-20)28-25-30-29-24(33-25)21-8-4-5-9-22(21)27-15-19-10-12-26-13-11-19/h1-2,4-6,8-13,16,27H,3,7,14-15,17H2. The molecule has 3 aromatic rings. The molecule has 1 aliphatic carbocycles. The number of allylic oxidation sites excluding steroid dienone is 4. The predicted molar refractivity (Wildman–Crippen MR) is 125 cm³/mol. The van der Waals surface area contributed by atoms with E-state index in [1.807, 2.05) is 36.4 Å². The number of ether oxygens (including phenoxy) is 2. The molecule has 3 heterocycles. The van der Waals surface area contributed by atoms with Crippen molar-refractivity contribution in [1.29, 1.82) is 0 Å². The summed E-state index contributed by atoms with van der Waals surface area (Å²) < 4.78 is 17.2. The zero-order valence-corrected chi connectivity index (χ0v) is 18.0. The summed E-state index contributed by atoms with van der Waals surface area (Å²) in [5.74, 6) is 1.48. The SMILES string of the molecule is C1=CCCC(CC2=COCC(=Nc3nnc(-c4ccccc4NCc4ccncc4)o3)O2)=C1. The first-order valence-corrected chi connectivity index (χ1v) is 10.8. The van der Waals surface area contributed by atoms with Gasteiger partial charge < -0.3 is 19.2 Å². The minimum Gasteiger partial charge on any atom is -0.488 e. The molecule has 0 spiro atoms. The topological polar surface area (TPSA) is 94.7 Å². The van der Waals surface area contributed by atoms with Gasteiger partial charge in [-0.2, -0.15) is 4.99 Å². The lowest BCUT2D eigenvalue weighted by molar-refractivity contribution is 0.211. The van der Waals surface area contributed by atoms with E-state index in [0.29, 0.717) is 30.5 Å². The summed E-state index contributed by atoms with van der Waals surface area (Å²) in [6, 6.07) is 11.8. The van der Waals surface area contributed by atoms with Crippen LogP contribution in [0.3, 0.4) is 0 Å². The summed E-state index contributed by atoms with van der Waals surface area (Å²) in [7, 11) is 0. The molecule has 33 heavy (non-hydrogen) atoms. The average molecular weight is 441 g/mol. The number of aromatic nitrogens is 3. The maximum atomic E-state index is 5.90. The second-order valence-electron chi connectivity index (χ2n) is 7.62. The smallest absolute Gasteiger partial charge is 0.345 e. The van der Waals surface area contributed by atoms with Gasteiger partial charge >= 0.3 is 6.01 Å². The summed E-state index contributed by atoms with van der Waals surface area (Å²) in [5.41, 5.74) is 4.10. The number of pyridine rings is 1. The van der Waals surface area contributed by atoms with E-state index in [0.717, 1.165) is 29.7 Å². The van der Waals surface area contributed by atoms with Crippen LogP contribution >= 0.6 is 0 Å². The van der Waals surface area contributed by atoms with Crippen molar-refractivity contribution < 1.29 is 13.9 Å². The monoisotopic (exact) mass is 441 g/mol. The van der Waals surface area contributed by atoms with E-state index in [1.54, 1.807) is 18.7 Å². The molecule has 0 amide bonds. The minimum absolute atomic E-state index is 0.119. The first kappa shape index (κ1) is 20.7. The molecule has 1 N–H and O–H groups in total. The zero-order valence-electron chi connectivity index (χ0n) is 18.0. The third kappa shape index (κ3) is 5.35. The number of hydrogen-bond donors (Lipinski definition) is 1. The fourth-order valence-corrected chi connectivity index (χ4v) is 3.56. The maximum absolute atomic E-state index is 5.90. The van der Waals surface area contributed by atoms with Gasteiger partial charge in [0.1, 0.15) is 12.0 Å². The van der Waals surface area contributed by atoms with Gasteiger partial charge in [-0.15, -0.1) is 5.10 Å². The molecular weight excluding hydrogens is 418 g/mol. The number of aliphatic imine (C=N–C) groups is 1. The zero-order chi connectivity index (χ0) is 22.3. The molecule has 1 aromatic carbocycles. The van der Waals surface area contributed by atoms with E-state index in [1.165, 1.54) is 5.57 Å². The van der Waals surface area contributed by atoms with Crippen molar-refractivity contribution in [2.75, 3.05) is 11.9 Å². The molecule has 0 saturated heterocycles. The quantitative estimate of drug-likeness (QED) is 0.530. The molecular formula is C25H23N5O3. The summed E-state index contributed by atoms with van der Waals surface area (Å²) in [6.07, 6.45) is 14.3. The fourth-order valence-electron chi connectivity index (χ4n) is 3.56. The number of benzene rings is 1. The summed E-state index contributed by atoms with van der Waals surface area (Å²) in [4.78, 5) is 8.41. The number of anilines is 1. The largest absolute Gasteiger partial charge is 0.488 e. The predicted octanol–water partition coefficient (Wildman–Crippen LogP) is 5.33. The van der Waals surface area contributed by atoms with E-state index in [2.05, 4.69) is 43.7 Å². The van der Waals surface area contributed by atoms with Crippen molar-refractivity contribution in [2.45, 2.75) is 25.8 Å². The molecule has 166 valence electrons. The minimum atomic E-state index is 0.119. The average Bonchev–Trinajstić information content (AvgIpc) is 3.33. The molecule has 0 bridgehead atoms. The summed E-state index contributed by atoms with van der Waals surface area (Å²) >= 11 is 0. The Bertz CT molecular complexity index is 1230. The lowest BCUT2D eigenvalue weighted by Crippen LogP contribution is -2.16. The van der Waals surface area contributed by atoms with Crippen LogP contribution in [0.2, 0.25) is 0 Å². The van der Waals surface area contributed by atoms with E-state index in [4.69, 9.17) is 13.9 Å². The highest BCUT2D eigenvalue weighted by Crippen LogP contribution is 2.29.